The highest BCUT2D eigenvalue weighted by Crippen LogP contribution is 2.42. The number of hydrogen-bond donors (Lipinski definition) is 0. The summed E-state index contributed by atoms with van der Waals surface area (Å²) in [5.41, 5.74) is -0.254. The molecular formula is C11H10BrFO4. The van der Waals surface area contributed by atoms with E-state index in [1.54, 1.807) is 13.8 Å². The fraction of sp³-hybridized carbons (Fsp3) is 0.364. The molecule has 6 heteroatoms. The van der Waals surface area contributed by atoms with Gasteiger partial charge in [0.25, 0.3) is 0 Å². The molecule has 1 aromatic carbocycles. The van der Waals surface area contributed by atoms with Crippen LogP contribution in [0.3, 0.4) is 0 Å². The Hall–Kier alpha value is -1.30. The van der Waals surface area contributed by atoms with E-state index in [2.05, 4.69) is 15.9 Å². The molecule has 0 aromatic heterocycles. The molecule has 0 saturated heterocycles. The molecule has 92 valence electrons. The molecule has 4 nitrogen and oxygen atoms in total. The van der Waals surface area contributed by atoms with E-state index in [0.29, 0.717) is 4.47 Å². The molecule has 1 aliphatic rings. The third kappa shape index (κ3) is 1.97. The van der Waals surface area contributed by atoms with E-state index in [1.165, 1.54) is 13.2 Å². The lowest BCUT2D eigenvalue weighted by molar-refractivity contribution is -0.128. The Morgan fingerprint density at radius 3 is 2.65 bits per heavy atom. The summed E-state index contributed by atoms with van der Waals surface area (Å²) < 4.78 is 29.5. The summed E-state index contributed by atoms with van der Waals surface area (Å²) in [6, 6.07) is 1.41. The molecule has 17 heavy (non-hydrogen) atoms. The van der Waals surface area contributed by atoms with E-state index in [4.69, 9.17) is 14.2 Å². The van der Waals surface area contributed by atoms with Crippen molar-refractivity contribution in [1.29, 1.82) is 0 Å². The van der Waals surface area contributed by atoms with Crippen LogP contribution < -0.4 is 9.47 Å². The van der Waals surface area contributed by atoms with Crippen LogP contribution >= 0.6 is 15.9 Å². The van der Waals surface area contributed by atoms with Crippen LogP contribution in [0, 0.1) is 5.82 Å². The first-order valence-electron chi connectivity index (χ1n) is 4.84. The summed E-state index contributed by atoms with van der Waals surface area (Å²) in [6.45, 7) is 3.14. The average Bonchev–Trinajstić information content (AvgIpc) is 2.21. The second-order valence-corrected chi connectivity index (χ2v) is 4.82. The second-order valence-electron chi connectivity index (χ2n) is 3.97. The molecule has 1 aliphatic heterocycles. The van der Waals surface area contributed by atoms with Crippen molar-refractivity contribution in [2.75, 3.05) is 7.11 Å². The van der Waals surface area contributed by atoms with E-state index >= 15 is 0 Å². The van der Waals surface area contributed by atoms with Crippen molar-refractivity contribution in [2.45, 2.75) is 19.6 Å². The Morgan fingerprint density at radius 2 is 2.06 bits per heavy atom. The molecule has 1 heterocycles. The summed E-state index contributed by atoms with van der Waals surface area (Å²) in [4.78, 5) is 11.7. The Bertz CT molecular complexity index is 499. The fourth-order valence-corrected chi connectivity index (χ4v) is 2.04. The molecule has 0 N–H and O–H groups in total. The van der Waals surface area contributed by atoms with E-state index in [-0.39, 0.29) is 17.1 Å². The zero-order chi connectivity index (χ0) is 12.8. The smallest absolute Gasteiger partial charge is 0.348 e. The molecule has 0 amide bonds. The topological polar surface area (TPSA) is 44.8 Å². The highest BCUT2D eigenvalue weighted by molar-refractivity contribution is 9.10. The third-order valence-corrected chi connectivity index (χ3v) is 2.84. The number of rotatable bonds is 1. The maximum absolute atomic E-state index is 13.9. The van der Waals surface area contributed by atoms with Crippen LogP contribution in [0.1, 0.15) is 24.2 Å². The number of fused-ring (bicyclic) bond motifs is 1. The molecular weight excluding hydrogens is 295 g/mol. The molecule has 0 atom stereocenters. The van der Waals surface area contributed by atoms with Gasteiger partial charge < -0.3 is 14.2 Å². The molecule has 0 saturated carbocycles. The average molecular weight is 305 g/mol. The first kappa shape index (κ1) is 12.2. The number of halogens is 2. The van der Waals surface area contributed by atoms with Crippen molar-refractivity contribution in [3.8, 4) is 11.5 Å². The molecule has 0 radical (unpaired) electrons. The monoisotopic (exact) mass is 304 g/mol. The summed E-state index contributed by atoms with van der Waals surface area (Å²) in [7, 11) is 1.32. The largest absolute Gasteiger partial charge is 0.494 e. The van der Waals surface area contributed by atoms with Crippen molar-refractivity contribution in [2.24, 2.45) is 0 Å². The molecule has 1 aromatic rings. The minimum Gasteiger partial charge on any atom is -0.494 e. The lowest BCUT2D eigenvalue weighted by atomic mass is 10.1. The summed E-state index contributed by atoms with van der Waals surface area (Å²) >= 11 is 3.21. The molecule has 0 aliphatic carbocycles. The number of carbonyl (C=O) groups is 1. The van der Waals surface area contributed by atoms with Gasteiger partial charge in [0, 0.05) is 19.9 Å². The van der Waals surface area contributed by atoms with Crippen LogP contribution in [0.25, 0.3) is 0 Å². The van der Waals surface area contributed by atoms with Gasteiger partial charge in [-0.05, 0) is 15.9 Å². The molecule has 0 fully saturated rings. The van der Waals surface area contributed by atoms with Gasteiger partial charge in [-0.25, -0.2) is 9.18 Å². The van der Waals surface area contributed by atoms with Gasteiger partial charge in [0.2, 0.25) is 5.79 Å². The summed E-state index contributed by atoms with van der Waals surface area (Å²) in [5.74, 6) is -2.59. The number of cyclic esters (lactones) is 1. The van der Waals surface area contributed by atoms with Crippen molar-refractivity contribution in [3.63, 3.8) is 0 Å². The van der Waals surface area contributed by atoms with Crippen molar-refractivity contribution < 1.29 is 23.4 Å². The fourth-order valence-electron chi connectivity index (χ4n) is 1.56. The number of esters is 1. The van der Waals surface area contributed by atoms with Crippen molar-refractivity contribution in [1.82, 2.24) is 0 Å². The number of hydrogen-bond acceptors (Lipinski definition) is 4. The maximum atomic E-state index is 13.9. The quantitative estimate of drug-likeness (QED) is 0.748. The van der Waals surface area contributed by atoms with Crippen molar-refractivity contribution in [3.05, 3.63) is 21.9 Å². The maximum Gasteiger partial charge on any atom is 0.348 e. The predicted octanol–water partition coefficient (Wildman–Crippen LogP) is 2.88. The van der Waals surface area contributed by atoms with Gasteiger partial charge in [0.1, 0.15) is 5.56 Å². The van der Waals surface area contributed by atoms with E-state index in [0.717, 1.165) is 0 Å². The minimum absolute atomic E-state index is 0.0455. The van der Waals surface area contributed by atoms with Gasteiger partial charge in [-0.3, -0.25) is 0 Å². The lowest BCUT2D eigenvalue weighted by Gasteiger charge is -2.32. The zero-order valence-electron chi connectivity index (χ0n) is 9.47. The molecule has 0 spiro atoms. The summed E-state index contributed by atoms with van der Waals surface area (Å²) in [6.07, 6.45) is 0. The predicted molar refractivity (Wildman–Crippen MR) is 60.8 cm³/mol. The first-order chi connectivity index (χ1) is 7.85. The van der Waals surface area contributed by atoms with Crippen LogP contribution in [0.15, 0.2) is 10.5 Å². The number of benzene rings is 1. The molecule has 0 unspecified atom stereocenters. The van der Waals surface area contributed by atoms with Crippen LogP contribution in [0.4, 0.5) is 4.39 Å². The Labute approximate surface area is 106 Å². The van der Waals surface area contributed by atoms with Gasteiger partial charge in [0.05, 0.1) is 11.6 Å². The Balaban J connectivity index is 2.67. The Kier molecular flexibility index (Phi) is 2.77. The number of methoxy groups -OCH3 is 1. The standard InChI is InChI=1S/C11H10BrFO4/c1-11(2)16-9-5(12)4-6(15-3)8(13)7(9)10(14)17-11/h4H,1-3H3. The van der Waals surface area contributed by atoms with E-state index in [1.807, 2.05) is 0 Å². The third-order valence-electron chi connectivity index (χ3n) is 2.25. The lowest BCUT2D eigenvalue weighted by Crippen LogP contribution is -2.39. The van der Waals surface area contributed by atoms with Crippen LogP contribution in [0.5, 0.6) is 11.5 Å². The normalized spacial score (nSPS) is 16.9. The molecule has 0 bridgehead atoms. The van der Waals surface area contributed by atoms with Crippen LogP contribution in [-0.2, 0) is 4.74 Å². The van der Waals surface area contributed by atoms with Gasteiger partial charge in [0.15, 0.2) is 17.3 Å². The number of carbonyl (C=O) groups excluding carboxylic acids is 1. The molecule has 2 rings (SSSR count). The van der Waals surface area contributed by atoms with Gasteiger partial charge >= 0.3 is 5.97 Å². The van der Waals surface area contributed by atoms with Gasteiger partial charge in [-0.2, -0.15) is 0 Å². The van der Waals surface area contributed by atoms with Crippen LogP contribution in [0.2, 0.25) is 0 Å². The SMILES string of the molecule is COc1cc(Br)c2c(c1F)C(=O)OC(C)(C)O2. The highest BCUT2D eigenvalue weighted by atomic mass is 79.9. The van der Waals surface area contributed by atoms with Gasteiger partial charge in [-0.15, -0.1) is 0 Å². The summed E-state index contributed by atoms with van der Waals surface area (Å²) in [5, 5.41) is 0. The Morgan fingerprint density at radius 1 is 1.41 bits per heavy atom. The highest BCUT2D eigenvalue weighted by Gasteiger charge is 2.38. The second kappa shape index (κ2) is 3.87. The van der Waals surface area contributed by atoms with Gasteiger partial charge in [-0.1, -0.05) is 0 Å². The number of ether oxygens (including phenoxy) is 3. The zero-order valence-corrected chi connectivity index (χ0v) is 11.1. The van der Waals surface area contributed by atoms with Crippen molar-refractivity contribution >= 4 is 21.9 Å². The van der Waals surface area contributed by atoms with Crippen LogP contribution in [-0.4, -0.2) is 18.9 Å². The van der Waals surface area contributed by atoms with E-state index in [9.17, 15) is 9.18 Å². The minimum atomic E-state index is -1.12. The first-order valence-corrected chi connectivity index (χ1v) is 5.63. The van der Waals surface area contributed by atoms with E-state index < -0.39 is 17.6 Å².